The van der Waals surface area contributed by atoms with E-state index in [-0.39, 0.29) is 19.0 Å². The first kappa shape index (κ1) is 12.9. The minimum Gasteiger partial charge on any atom is -0.395 e. The molecule has 0 saturated heterocycles. The zero-order valence-electron chi connectivity index (χ0n) is 8.05. The van der Waals surface area contributed by atoms with E-state index in [1.165, 1.54) is 0 Å². The molecule has 5 heteroatoms. The Bertz CT molecular complexity index is 292. The Balaban J connectivity index is 0.00000169. The summed E-state index contributed by atoms with van der Waals surface area (Å²) in [6.07, 6.45) is 6.24. The van der Waals surface area contributed by atoms with Gasteiger partial charge in [0.1, 0.15) is 0 Å². The first-order valence-electron chi connectivity index (χ1n) is 4.19. The van der Waals surface area contributed by atoms with Gasteiger partial charge in [0.05, 0.1) is 13.0 Å². The number of halogens is 1. The van der Waals surface area contributed by atoms with Crippen molar-refractivity contribution >= 4 is 18.1 Å². The molecule has 0 unspecified atom stereocenters. The molecular formula is C9H14ClN3O. The monoisotopic (exact) mass is 215 g/mol. The van der Waals surface area contributed by atoms with Gasteiger partial charge in [-0.05, 0) is 12.2 Å². The predicted octanol–water partition coefficient (Wildman–Crippen LogP) is 0.847. The van der Waals surface area contributed by atoms with Crippen molar-refractivity contribution in [1.29, 1.82) is 0 Å². The van der Waals surface area contributed by atoms with E-state index in [2.05, 4.69) is 4.79 Å². The smallest absolute Gasteiger partial charge is 0.295 e. The molecule has 0 aromatic rings. The molecule has 0 bridgehead atoms. The molecule has 1 aliphatic carbocycles. The lowest BCUT2D eigenvalue weighted by Crippen LogP contribution is -2.22. The number of nitrogens with zero attached hydrogens (tertiary/aromatic N) is 3. The second-order valence-electron chi connectivity index (χ2n) is 2.90. The summed E-state index contributed by atoms with van der Waals surface area (Å²) >= 11 is 0. The van der Waals surface area contributed by atoms with Crippen LogP contribution >= 0.6 is 12.4 Å². The van der Waals surface area contributed by atoms with Crippen LogP contribution in [0.2, 0.25) is 0 Å². The maximum atomic E-state index is 8.71. The van der Waals surface area contributed by atoms with Gasteiger partial charge in [-0.2, -0.15) is 4.79 Å². The molecule has 0 radical (unpaired) electrons. The summed E-state index contributed by atoms with van der Waals surface area (Å²) in [6.45, 7) is 0.754. The summed E-state index contributed by atoms with van der Waals surface area (Å²) in [6, 6.07) is 0. The molecule has 0 aromatic carbocycles. The molecule has 0 saturated carbocycles. The maximum absolute atomic E-state index is 8.71. The van der Waals surface area contributed by atoms with Gasteiger partial charge in [0.2, 0.25) is 0 Å². The van der Waals surface area contributed by atoms with Crippen molar-refractivity contribution in [3.05, 3.63) is 29.5 Å². The van der Waals surface area contributed by atoms with Gasteiger partial charge < -0.3 is 15.5 Å². The molecule has 0 aromatic heterocycles. The largest absolute Gasteiger partial charge is 0.395 e. The lowest BCUT2D eigenvalue weighted by molar-refractivity contribution is -0.00546. The van der Waals surface area contributed by atoms with Crippen molar-refractivity contribution in [2.45, 2.75) is 6.42 Å². The highest BCUT2D eigenvalue weighted by Gasteiger charge is 2.10. The van der Waals surface area contributed by atoms with Crippen molar-refractivity contribution in [3.63, 3.8) is 0 Å². The van der Waals surface area contributed by atoms with Gasteiger partial charge >= 0.3 is 0 Å². The third-order valence-corrected chi connectivity index (χ3v) is 1.97. The Morgan fingerprint density at radius 3 is 2.71 bits per heavy atom. The average molecular weight is 216 g/mol. The van der Waals surface area contributed by atoms with Gasteiger partial charge in [0, 0.05) is 25.4 Å². The number of hydrogen-bond donors (Lipinski definition) is 1. The van der Waals surface area contributed by atoms with Gasteiger partial charge in [-0.1, -0.05) is 0 Å². The van der Waals surface area contributed by atoms with E-state index in [4.69, 9.17) is 10.6 Å². The van der Waals surface area contributed by atoms with Crippen LogP contribution < -0.4 is 0 Å². The first-order chi connectivity index (χ1) is 6.27. The number of rotatable bonds is 3. The van der Waals surface area contributed by atoms with Gasteiger partial charge in [0.15, 0.2) is 0 Å². The molecule has 0 amide bonds. The summed E-state index contributed by atoms with van der Waals surface area (Å²) in [5.74, 6) is 0. The second kappa shape index (κ2) is 6.38. The Morgan fingerprint density at radius 2 is 2.29 bits per heavy atom. The van der Waals surface area contributed by atoms with Crippen molar-refractivity contribution in [2.24, 2.45) is 0 Å². The lowest BCUT2D eigenvalue weighted by atomic mass is 10.1. The topological polar surface area (TPSA) is 59.9 Å². The number of aliphatic hydroxyl groups is 1. The van der Waals surface area contributed by atoms with E-state index in [0.29, 0.717) is 18.7 Å². The molecule has 0 atom stereocenters. The zero-order valence-corrected chi connectivity index (χ0v) is 8.87. The fraction of sp³-hybridized carbons (Fsp3) is 0.444. The van der Waals surface area contributed by atoms with E-state index < -0.39 is 0 Å². The predicted molar refractivity (Wildman–Crippen MR) is 57.4 cm³/mol. The van der Waals surface area contributed by atoms with E-state index in [1.54, 1.807) is 6.08 Å². The molecule has 0 aliphatic heterocycles. The molecule has 78 valence electrons. The Labute approximate surface area is 89.6 Å². The first-order valence-corrected chi connectivity index (χ1v) is 4.19. The summed E-state index contributed by atoms with van der Waals surface area (Å²) in [4.78, 5) is 5.05. The molecule has 1 N–H and O–H groups in total. The SMILES string of the molecule is CN(CCO)C1=CCC(=[N+]=[N-])C=C1.Cl. The number of allylic oxidation sites excluding steroid dienone is 3. The van der Waals surface area contributed by atoms with Gasteiger partial charge in [0.25, 0.3) is 5.71 Å². The highest BCUT2D eigenvalue weighted by molar-refractivity contribution is 5.92. The third-order valence-electron chi connectivity index (χ3n) is 1.97. The van der Waals surface area contributed by atoms with Crippen LogP contribution in [0.3, 0.4) is 0 Å². The summed E-state index contributed by atoms with van der Waals surface area (Å²) in [7, 11) is 1.91. The van der Waals surface area contributed by atoms with E-state index in [9.17, 15) is 0 Å². The molecule has 1 aliphatic rings. The quantitative estimate of drug-likeness (QED) is 0.561. The van der Waals surface area contributed by atoms with Crippen LogP contribution in [0.1, 0.15) is 6.42 Å². The molecule has 0 spiro atoms. The zero-order chi connectivity index (χ0) is 9.68. The highest BCUT2D eigenvalue weighted by atomic mass is 35.5. The highest BCUT2D eigenvalue weighted by Crippen LogP contribution is 2.09. The average Bonchev–Trinajstić information content (AvgIpc) is 2.18. The number of likely N-dealkylation sites (N-methyl/N-ethyl adjacent to an activating group) is 1. The van der Waals surface area contributed by atoms with E-state index >= 15 is 0 Å². The van der Waals surface area contributed by atoms with Crippen LogP contribution in [0.25, 0.3) is 5.53 Å². The molecule has 0 fully saturated rings. The number of hydrogen-bond acceptors (Lipinski definition) is 2. The normalized spacial score (nSPS) is 14.1. The third kappa shape index (κ3) is 3.34. The Hall–Kier alpha value is -1.09. The van der Waals surface area contributed by atoms with Crippen molar-refractivity contribution < 1.29 is 9.90 Å². The second-order valence-corrected chi connectivity index (χ2v) is 2.90. The lowest BCUT2D eigenvalue weighted by Gasteiger charge is -2.19. The fourth-order valence-electron chi connectivity index (χ4n) is 1.16. The summed E-state index contributed by atoms with van der Waals surface area (Å²) in [5.41, 5.74) is 10.2. The molecular weight excluding hydrogens is 202 g/mol. The standard InChI is InChI=1S/C9H13N3O.ClH/c1-12(6-7-13)9-4-2-8(11-10)3-5-9;/h2,4-5,13H,3,6-7H2,1H3;1H. The number of aliphatic hydroxyl groups excluding tert-OH is 1. The van der Waals surface area contributed by atoms with E-state index in [1.807, 2.05) is 24.1 Å². The van der Waals surface area contributed by atoms with Crippen molar-refractivity contribution in [3.8, 4) is 0 Å². The fourth-order valence-corrected chi connectivity index (χ4v) is 1.16. The molecule has 14 heavy (non-hydrogen) atoms. The summed E-state index contributed by atoms with van der Waals surface area (Å²) < 4.78 is 0. The summed E-state index contributed by atoms with van der Waals surface area (Å²) in [5, 5.41) is 8.71. The van der Waals surface area contributed by atoms with Gasteiger partial charge in [-0.3, -0.25) is 0 Å². The van der Waals surface area contributed by atoms with Crippen LogP contribution in [0, 0.1) is 0 Å². The van der Waals surface area contributed by atoms with Gasteiger partial charge in [-0.25, -0.2) is 0 Å². The maximum Gasteiger partial charge on any atom is 0.295 e. The Kier molecular flexibility index (Phi) is 5.88. The molecule has 4 nitrogen and oxygen atoms in total. The van der Waals surface area contributed by atoms with Crippen LogP contribution in [0.4, 0.5) is 0 Å². The Morgan fingerprint density at radius 1 is 1.57 bits per heavy atom. The van der Waals surface area contributed by atoms with Crippen molar-refractivity contribution in [1.82, 2.24) is 4.90 Å². The van der Waals surface area contributed by atoms with Crippen LogP contribution in [-0.2, 0) is 0 Å². The molecule has 1 rings (SSSR count). The van der Waals surface area contributed by atoms with Crippen molar-refractivity contribution in [2.75, 3.05) is 20.2 Å². The van der Waals surface area contributed by atoms with E-state index in [0.717, 1.165) is 5.70 Å². The van der Waals surface area contributed by atoms with Crippen LogP contribution in [0.5, 0.6) is 0 Å². The van der Waals surface area contributed by atoms with Crippen LogP contribution in [0.15, 0.2) is 23.9 Å². The van der Waals surface area contributed by atoms with Gasteiger partial charge in [-0.15, -0.1) is 12.4 Å². The molecule has 0 heterocycles. The minimum absolute atomic E-state index is 0. The van der Waals surface area contributed by atoms with Crippen LogP contribution in [-0.4, -0.2) is 40.7 Å². The minimum atomic E-state index is 0.